The molecule has 3 aliphatic heterocycles. The molecule has 5 rings (SSSR count). The van der Waals surface area contributed by atoms with Gasteiger partial charge in [-0.25, -0.2) is 10.1 Å². The number of aromatic nitrogens is 3. The Balaban J connectivity index is 1.12. The third kappa shape index (κ3) is 5.67. The van der Waals surface area contributed by atoms with Gasteiger partial charge in [-0.2, -0.15) is 31.4 Å². The molecule has 2 saturated heterocycles. The standard InChI is InChI=1S/C24H26F6N6O4/c25-23(26,27)14-8-18-21(31-9-14)36-6-5-34(11-16(36)13-40-18)19(37)3-7-39-12-15-2-1-4-35(15)17-10-32-33-22(38)20(17)24(28,29)30/h8-10,15-16H,1-7,11-13H2,(H,33,38)/t15-,16-/m0/s1. The van der Waals surface area contributed by atoms with Crippen LogP contribution in [-0.4, -0.2) is 84.1 Å². The van der Waals surface area contributed by atoms with E-state index in [1.807, 2.05) is 10.00 Å². The zero-order chi connectivity index (χ0) is 28.7. The van der Waals surface area contributed by atoms with Crippen LogP contribution in [0.1, 0.15) is 30.4 Å². The van der Waals surface area contributed by atoms with E-state index in [2.05, 4.69) is 10.1 Å². The van der Waals surface area contributed by atoms with Crippen molar-refractivity contribution in [1.82, 2.24) is 20.1 Å². The highest BCUT2D eigenvalue weighted by Crippen LogP contribution is 2.39. The van der Waals surface area contributed by atoms with Crippen LogP contribution in [0.25, 0.3) is 0 Å². The van der Waals surface area contributed by atoms with E-state index in [4.69, 9.17) is 9.47 Å². The fraction of sp³-hybridized carbons (Fsp3) is 0.583. The summed E-state index contributed by atoms with van der Waals surface area (Å²) in [7, 11) is 0. The number of rotatable bonds is 6. The topological polar surface area (TPSA) is 104 Å². The van der Waals surface area contributed by atoms with E-state index in [1.165, 1.54) is 4.90 Å². The molecule has 0 aliphatic carbocycles. The average molecular weight is 576 g/mol. The first-order chi connectivity index (χ1) is 18.9. The Labute approximate surface area is 223 Å². The number of anilines is 2. The highest BCUT2D eigenvalue weighted by Gasteiger charge is 2.41. The van der Waals surface area contributed by atoms with Crippen molar-refractivity contribution in [2.24, 2.45) is 0 Å². The van der Waals surface area contributed by atoms with Crippen LogP contribution < -0.4 is 20.1 Å². The van der Waals surface area contributed by atoms with Gasteiger partial charge in [0, 0.05) is 32.4 Å². The highest BCUT2D eigenvalue weighted by molar-refractivity contribution is 5.77. The van der Waals surface area contributed by atoms with Crippen LogP contribution in [0.5, 0.6) is 5.75 Å². The van der Waals surface area contributed by atoms with Crippen molar-refractivity contribution in [1.29, 1.82) is 0 Å². The second-order valence-electron chi connectivity index (χ2n) is 9.81. The SMILES string of the molecule is O=C(CCOC[C@@H]1CCCN1c1cn[nH]c(=O)c1C(F)(F)F)N1CCN2c3ncc(C(F)(F)F)cc3OC[C@@H]2C1. The molecular weight excluding hydrogens is 550 g/mol. The fourth-order valence-corrected chi connectivity index (χ4v) is 5.35. The third-order valence-electron chi connectivity index (χ3n) is 7.28. The Bertz CT molecular complexity index is 1300. The number of carbonyl (C=O) groups excluding carboxylic acids is 1. The van der Waals surface area contributed by atoms with Gasteiger partial charge >= 0.3 is 12.4 Å². The first kappa shape index (κ1) is 28.0. The van der Waals surface area contributed by atoms with Crippen LogP contribution in [0, 0.1) is 0 Å². The largest absolute Gasteiger partial charge is 0.487 e. The van der Waals surface area contributed by atoms with Crippen molar-refractivity contribution in [3.05, 3.63) is 39.9 Å². The molecule has 2 aromatic rings. The van der Waals surface area contributed by atoms with Crippen LogP contribution in [0.15, 0.2) is 23.3 Å². The summed E-state index contributed by atoms with van der Waals surface area (Å²) >= 11 is 0. The number of hydrogen-bond acceptors (Lipinski definition) is 8. The predicted octanol–water partition coefficient (Wildman–Crippen LogP) is 2.69. The highest BCUT2D eigenvalue weighted by atomic mass is 19.4. The van der Waals surface area contributed by atoms with Gasteiger partial charge in [0.15, 0.2) is 11.6 Å². The van der Waals surface area contributed by atoms with Gasteiger partial charge in [-0.15, -0.1) is 0 Å². The van der Waals surface area contributed by atoms with E-state index in [-0.39, 0.29) is 49.6 Å². The molecule has 40 heavy (non-hydrogen) atoms. The lowest BCUT2D eigenvalue weighted by Crippen LogP contribution is -2.58. The average Bonchev–Trinajstić information content (AvgIpc) is 3.37. The summed E-state index contributed by atoms with van der Waals surface area (Å²) in [6.45, 7) is 1.54. The molecule has 0 aromatic carbocycles. The number of amides is 1. The van der Waals surface area contributed by atoms with E-state index in [0.717, 1.165) is 18.5 Å². The Kier molecular flexibility index (Phi) is 7.54. The lowest BCUT2D eigenvalue weighted by molar-refractivity contribution is -0.139. The first-order valence-corrected chi connectivity index (χ1v) is 12.7. The number of carbonyl (C=O) groups is 1. The number of piperazine rings is 1. The summed E-state index contributed by atoms with van der Waals surface area (Å²) in [5.41, 5.74) is -3.80. The van der Waals surface area contributed by atoms with Crippen molar-refractivity contribution in [3.63, 3.8) is 0 Å². The van der Waals surface area contributed by atoms with Gasteiger partial charge in [-0.1, -0.05) is 0 Å². The quantitative estimate of drug-likeness (QED) is 0.414. The van der Waals surface area contributed by atoms with Gasteiger partial charge in [-0.3, -0.25) is 9.59 Å². The number of alkyl halides is 6. The first-order valence-electron chi connectivity index (χ1n) is 12.7. The molecule has 1 amide bonds. The van der Waals surface area contributed by atoms with Gasteiger partial charge in [0.1, 0.15) is 12.2 Å². The molecule has 3 aliphatic rings. The number of pyridine rings is 1. The number of ether oxygens (including phenoxy) is 2. The minimum atomic E-state index is -4.84. The minimum Gasteiger partial charge on any atom is -0.487 e. The molecule has 218 valence electrons. The molecule has 10 nitrogen and oxygen atoms in total. The lowest BCUT2D eigenvalue weighted by Gasteiger charge is -2.44. The number of aromatic amines is 1. The van der Waals surface area contributed by atoms with E-state index < -0.39 is 35.1 Å². The summed E-state index contributed by atoms with van der Waals surface area (Å²) in [6.07, 6.45) is -6.41. The molecule has 0 spiro atoms. The van der Waals surface area contributed by atoms with Gasteiger partial charge in [0.2, 0.25) is 5.91 Å². The molecule has 1 N–H and O–H groups in total. The summed E-state index contributed by atoms with van der Waals surface area (Å²) in [5, 5.41) is 5.36. The zero-order valence-electron chi connectivity index (χ0n) is 21.1. The van der Waals surface area contributed by atoms with Crippen LogP contribution in [0.4, 0.5) is 37.8 Å². The van der Waals surface area contributed by atoms with E-state index in [9.17, 15) is 35.9 Å². The lowest BCUT2D eigenvalue weighted by atomic mass is 10.1. The maximum absolute atomic E-state index is 13.5. The predicted molar refractivity (Wildman–Crippen MR) is 128 cm³/mol. The van der Waals surface area contributed by atoms with Crippen LogP contribution in [-0.2, 0) is 21.9 Å². The molecule has 2 fully saturated rings. The maximum atomic E-state index is 13.5. The van der Waals surface area contributed by atoms with Crippen LogP contribution in [0.3, 0.4) is 0 Å². The summed E-state index contributed by atoms with van der Waals surface area (Å²) in [6, 6.07) is 0.246. The zero-order valence-corrected chi connectivity index (χ0v) is 21.1. The number of H-pyrrole nitrogens is 1. The summed E-state index contributed by atoms with van der Waals surface area (Å²) < 4.78 is 90.7. The Hall–Kier alpha value is -3.56. The third-order valence-corrected chi connectivity index (χ3v) is 7.28. The summed E-state index contributed by atoms with van der Waals surface area (Å²) in [5.74, 6) is 0.177. The smallest absolute Gasteiger partial charge is 0.423 e. The van der Waals surface area contributed by atoms with Crippen molar-refractivity contribution >= 4 is 17.4 Å². The monoisotopic (exact) mass is 576 g/mol. The van der Waals surface area contributed by atoms with Crippen molar-refractivity contribution in [3.8, 4) is 5.75 Å². The Morgan fingerprint density at radius 1 is 1.10 bits per heavy atom. The fourth-order valence-electron chi connectivity index (χ4n) is 5.35. The Morgan fingerprint density at radius 2 is 1.90 bits per heavy atom. The van der Waals surface area contributed by atoms with Crippen LogP contribution >= 0.6 is 0 Å². The van der Waals surface area contributed by atoms with E-state index in [0.29, 0.717) is 44.8 Å². The second-order valence-corrected chi connectivity index (χ2v) is 9.81. The van der Waals surface area contributed by atoms with Crippen molar-refractivity contribution < 1.29 is 40.6 Å². The molecule has 5 heterocycles. The molecular formula is C24H26F6N6O4. The molecule has 0 unspecified atom stereocenters. The van der Waals surface area contributed by atoms with Crippen molar-refractivity contribution in [2.75, 3.05) is 55.8 Å². The van der Waals surface area contributed by atoms with Gasteiger partial charge in [0.05, 0.1) is 49.2 Å². The van der Waals surface area contributed by atoms with Gasteiger partial charge in [-0.05, 0) is 18.9 Å². The molecule has 2 atom stereocenters. The molecule has 0 bridgehead atoms. The summed E-state index contributed by atoms with van der Waals surface area (Å²) in [4.78, 5) is 33.5. The molecule has 0 saturated carbocycles. The van der Waals surface area contributed by atoms with Crippen LogP contribution in [0.2, 0.25) is 0 Å². The van der Waals surface area contributed by atoms with Gasteiger partial charge < -0.3 is 24.2 Å². The second kappa shape index (κ2) is 10.8. The van der Waals surface area contributed by atoms with E-state index in [1.54, 1.807) is 4.90 Å². The molecule has 0 radical (unpaired) electrons. The maximum Gasteiger partial charge on any atom is 0.423 e. The number of nitrogens with one attached hydrogen (secondary N) is 1. The number of halogens is 6. The van der Waals surface area contributed by atoms with Gasteiger partial charge in [0.25, 0.3) is 5.56 Å². The van der Waals surface area contributed by atoms with Crippen molar-refractivity contribution in [2.45, 2.75) is 43.7 Å². The number of hydrogen-bond donors (Lipinski definition) is 1. The Morgan fingerprint density at radius 3 is 2.65 bits per heavy atom. The normalized spacial score (nSPS) is 21.2. The van der Waals surface area contributed by atoms with E-state index >= 15 is 0 Å². The molecule has 2 aromatic heterocycles. The molecule has 16 heteroatoms. The number of fused-ring (bicyclic) bond motifs is 3. The minimum absolute atomic E-state index is 0.0461. The number of nitrogens with zero attached hydrogens (tertiary/aromatic N) is 5.